The molecule has 138 valence electrons. The molecule has 0 fully saturated rings. The first-order chi connectivity index (χ1) is 13.0. The quantitative estimate of drug-likeness (QED) is 0.681. The lowest BCUT2D eigenvalue weighted by molar-refractivity contribution is 0.0855. The second kappa shape index (κ2) is 5.78. The van der Waals surface area contributed by atoms with Gasteiger partial charge >= 0.3 is 0 Å². The van der Waals surface area contributed by atoms with E-state index in [1.807, 2.05) is 43.3 Å². The highest BCUT2D eigenvalue weighted by Crippen LogP contribution is 2.44. The molecule has 1 atom stereocenters. The molecule has 0 N–H and O–H groups in total. The van der Waals surface area contributed by atoms with Crippen LogP contribution in [0.15, 0.2) is 53.4 Å². The minimum absolute atomic E-state index is 0.0540. The molecular formula is C21H20N2O3S. The standard InChI is InChI=1S/C21H20N2O3S/c1-14-6-8-15(9-7-14)27(25,26)22-13-12-17-16-4-2-3-5-18(16)23-20(24)11-10-19(22)21(17)23/h2-9,19H,10-13H2,1H3/t19-/m1/s1. The van der Waals surface area contributed by atoms with Gasteiger partial charge in [-0.3, -0.25) is 9.36 Å². The van der Waals surface area contributed by atoms with Gasteiger partial charge in [-0.05, 0) is 43.5 Å². The molecule has 3 aromatic rings. The van der Waals surface area contributed by atoms with Gasteiger partial charge in [0.1, 0.15) is 0 Å². The Bertz CT molecular complexity index is 1180. The summed E-state index contributed by atoms with van der Waals surface area (Å²) < 4.78 is 30.0. The summed E-state index contributed by atoms with van der Waals surface area (Å²) >= 11 is 0. The summed E-state index contributed by atoms with van der Waals surface area (Å²) in [7, 11) is -3.61. The molecular weight excluding hydrogens is 360 g/mol. The van der Waals surface area contributed by atoms with Crippen LogP contribution in [0.5, 0.6) is 0 Å². The molecule has 3 heterocycles. The number of nitrogens with zero attached hydrogens (tertiary/aromatic N) is 2. The van der Waals surface area contributed by atoms with Crippen molar-refractivity contribution >= 4 is 26.8 Å². The van der Waals surface area contributed by atoms with E-state index in [9.17, 15) is 13.2 Å². The van der Waals surface area contributed by atoms with Crippen molar-refractivity contribution in [1.29, 1.82) is 0 Å². The van der Waals surface area contributed by atoms with E-state index in [4.69, 9.17) is 0 Å². The first-order valence-electron chi connectivity index (χ1n) is 9.22. The van der Waals surface area contributed by atoms with Crippen LogP contribution < -0.4 is 0 Å². The van der Waals surface area contributed by atoms with E-state index in [1.54, 1.807) is 21.0 Å². The van der Waals surface area contributed by atoms with Crippen molar-refractivity contribution in [2.24, 2.45) is 0 Å². The van der Waals surface area contributed by atoms with Gasteiger partial charge in [-0.2, -0.15) is 4.31 Å². The fourth-order valence-electron chi connectivity index (χ4n) is 4.51. The Morgan fingerprint density at radius 1 is 1.00 bits per heavy atom. The number of aromatic nitrogens is 1. The van der Waals surface area contributed by atoms with Crippen LogP contribution in [0.3, 0.4) is 0 Å². The van der Waals surface area contributed by atoms with Gasteiger partial charge in [0.05, 0.1) is 16.5 Å². The maximum atomic E-state index is 13.3. The molecule has 1 aromatic heterocycles. The Kier molecular flexibility index (Phi) is 3.58. The summed E-state index contributed by atoms with van der Waals surface area (Å²) in [6, 6.07) is 14.6. The highest BCUT2D eigenvalue weighted by Gasteiger charge is 2.42. The van der Waals surface area contributed by atoms with Crippen LogP contribution in [0.4, 0.5) is 0 Å². The van der Waals surface area contributed by atoms with E-state index in [0.717, 1.165) is 27.7 Å². The smallest absolute Gasteiger partial charge is 0.243 e. The summed E-state index contributed by atoms with van der Waals surface area (Å²) in [5.41, 5.74) is 3.92. The fraction of sp³-hybridized carbons (Fsp3) is 0.286. The minimum Gasteiger partial charge on any atom is -0.282 e. The number of benzene rings is 2. The number of para-hydroxylation sites is 1. The van der Waals surface area contributed by atoms with Crippen LogP contribution in [0.25, 0.3) is 10.9 Å². The number of carbonyl (C=O) groups excluding carboxylic acids is 1. The Morgan fingerprint density at radius 3 is 2.52 bits per heavy atom. The molecule has 2 aromatic carbocycles. The summed E-state index contributed by atoms with van der Waals surface area (Å²) in [5, 5.41) is 1.07. The van der Waals surface area contributed by atoms with Crippen molar-refractivity contribution in [2.75, 3.05) is 6.54 Å². The Morgan fingerprint density at radius 2 is 1.74 bits per heavy atom. The van der Waals surface area contributed by atoms with E-state index >= 15 is 0 Å². The number of carbonyl (C=O) groups is 1. The lowest BCUT2D eigenvalue weighted by atomic mass is 9.94. The maximum Gasteiger partial charge on any atom is 0.243 e. The molecule has 6 heteroatoms. The molecule has 5 rings (SSSR count). The van der Waals surface area contributed by atoms with Crippen LogP contribution in [-0.4, -0.2) is 29.7 Å². The van der Waals surface area contributed by atoms with E-state index in [-0.39, 0.29) is 11.9 Å². The first kappa shape index (κ1) is 16.7. The van der Waals surface area contributed by atoms with Crippen molar-refractivity contribution < 1.29 is 13.2 Å². The lowest BCUT2D eigenvalue weighted by Gasteiger charge is -2.38. The molecule has 27 heavy (non-hydrogen) atoms. The van der Waals surface area contributed by atoms with Gasteiger partial charge in [0.2, 0.25) is 15.9 Å². The number of hydrogen-bond acceptors (Lipinski definition) is 3. The summed E-state index contributed by atoms with van der Waals surface area (Å²) in [4.78, 5) is 13.0. The number of fused-ring (bicyclic) bond motifs is 3. The third-order valence-corrected chi connectivity index (χ3v) is 7.70. The van der Waals surface area contributed by atoms with Crippen molar-refractivity contribution in [3.8, 4) is 0 Å². The van der Waals surface area contributed by atoms with Gasteiger partial charge in [-0.15, -0.1) is 0 Å². The second-order valence-corrected chi connectivity index (χ2v) is 9.23. The third kappa shape index (κ3) is 2.33. The zero-order chi connectivity index (χ0) is 18.8. The second-order valence-electron chi connectivity index (χ2n) is 7.34. The van der Waals surface area contributed by atoms with Crippen molar-refractivity contribution in [3.63, 3.8) is 0 Å². The predicted molar refractivity (Wildman–Crippen MR) is 103 cm³/mol. The summed E-state index contributed by atoms with van der Waals surface area (Å²) in [5.74, 6) is 0.0540. The summed E-state index contributed by atoms with van der Waals surface area (Å²) in [6.45, 7) is 2.38. The average molecular weight is 380 g/mol. The molecule has 0 aliphatic carbocycles. The van der Waals surface area contributed by atoms with Crippen LogP contribution in [0.1, 0.15) is 40.5 Å². The largest absolute Gasteiger partial charge is 0.282 e. The molecule has 0 unspecified atom stereocenters. The fourth-order valence-corrected chi connectivity index (χ4v) is 6.13. The zero-order valence-electron chi connectivity index (χ0n) is 15.1. The molecule has 0 spiro atoms. The van der Waals surface area contributed by atoms with Crippen molar-refractivity contribution in [3.05, 3.63) is 65.4 Å². The maximum absolute atomic E-state index is 13.3. The van der Waals surface area contributed by atoms with E-state index in [2.05, 4.69) is 0 Å². The minimum atomic E-state index is -3.61. The monoisotopic (exact) mass is 380 g/mol. The highest BCUT2D eigenvalue weighted by atomic mass is 32.2. The third-order valence-electron chi connectivity index (χ3n) is 5.77. The molecule has 0 radical (unpaired) electrons. The van der Waals surface area contributed by atoms with E-state index < -0.39 is 10.0 Å². The van der Waals surface area contributed by atoms with Gasteiger partial charge in [0, 0.05) is 24.0 Å². The lowest BCUT2D eigenvalue weighted by Crippen LogP contribution is -2.43. The Balaban J connectivity index is 1.69. The molecule has 2 aliphatic heterocycles. The molecule has 2 aliphatic rings. The van der Waals surface area contributed by atoms with Crippen LogP contribution >= 0.6 is 0 Å². The van der Waals surface area contributed by atoms with E-state index in [1.165, 1.54) is 0 Å². The predicted octanol–water partition coefficient (Wildman–Crippen LogP) is 3.67. The first-order valence-corrected chi connectivity index (χ1v) is 10.7. The molecule has 0 saturated carbocycles. The molecule has 0 bridgehead atoms. The van der Waals surface area contributed by atoms with Crippen LogP contribution in [-0.2, 0) is 16.4 Å². The highest BCUT2D eigenvalue weighted by molar-refractivity contribution is 7.89. The van der Waals surface area contributed by atoms with Gasteiger partial charge in [-0.1, -0.05) is 35.9 Å². The van der Waals surface area contributed by atoms with Gasteiger partial charge < -0.3 is 0 Å². The SMILES string of the molecule is Cc1ccc(S(=O)(=O)N2CCc3c4n(c5ccccc35)C(=O)CC[C@H]42)cc1. The topological polar surface area (TPSA) is 59.4 Å². The summed E-state index contributed by atoms with van der Waals surface area (Å²) in [6.07, 6.45) is 1.51. The van der Waals surface area contributed by atoms with Crippen LogP contribution in [0, 0.1) is 6.92 Å². The molecule has 0 saturated heterocycles. The average Bonchev–Trinajstić information content (AvgIpc) is 3.01. The zero-order valence-corrected chi connectivity index (χ0v) is 15.9. The number of rotatable bonds is 2. The number of sulfonamides is 1. The van der Waals surface area contributed by atoms with Crippen molar-refractivity contribution in [2.45, 2.75) is 37.1 Å². The number of hydrogen-bond donors (Lipinski definition) is 0. The van der Waals surface area contributed by atoms with Gasteiger partial charge in [0.15, 0.2) is 0 Å². The van der Waals surface area contributed by atoms with Crippen molar-refractivity contribution in [1.82, 2.24) is 8.87 Å². The van der Waals surface area contributed by atoms with Crippen LogP contribution in [0.2, 0.25) is 0 Å². The Labute approximate surface area is 158 Å². The van der Waals surface area contributed by atoms with Gasteiger partial charge in [-0.25, -0.2) is 8.42 Å². The van der Waals surface area contributed by atoms with E-state index in [0.29, 0.717) is 30.7 Å². The van der Waals surface area contributed by atoms with Gasteiger partial charge in [0.25, 0.3) is 0 Å². The number of aryl methyl sites for hydroxylation is 1. The molecule has 5 nitrogen and oxygen atoms in total. The Hall–Kier alpha value is -2.44. The normalized spacial score (nSPS) is 20.0. The molecule has 0 amide bonds.